The maximum absolute atomic E-state index is 13.1. The molecule has 1 N–H and O–H groups in total. The minimum absolute atomic E-state index is 0.0351. The predicted molar refractivity (Wildman–Crippen MR) is 117 cm³/mol. The summed E-state index contributed by atoms with van der Waals surface area (Å²) in [6.07, 6.45) is 4.12. The van der Waals surface area contributed by atoms with Crippen molar-refractivity contribution < 1.29 is 14.3 Å². The molecule has 0 radical (unpaired) electrons. The van der Waals surface area contributed by atoms with Gasteiger partial charge in [-0.1, -0.05) is 6.07 Å². The van der Waals surface area contributed by atoms with E-state index in [9.17, 15) is 9.59 Å². The molecule has 3 heterocycles. The van der Waals surface area contributed by atoms with E-state index in [0.29, 0.717) is 19.0 Å². The molecule has 3 aliphatic rings. The monoisotopic (exact) mass is 424 g/mol. The molecule has 1 saturated heterocycles. The van der Waals surface area contributed by atoms with Crippen LogP contribution in [0.4, 0.5) is 4.79 Å². The minimum Gasteiger partial charge on any atom is -0.444 e. The average Bonchev–Trinajstić information content (AvgIpc) is 3.55. The Morgan fingerprint density at radius 1 is 1.10 bits per heavy atom. The van der Waals surface area contributed by atoms with Crippen molar-refractivity contribution in [2.45, 2.75) is 64.5 Å². The van der Waals surface area contributed by atoms with Crippen molar-refractivity contribution in [1.29, 1.82) is 0 Å². The Balaban J connectivity index is 1.26. The SMILES string of the molecule is CC(C)(C)OC(=O)N1C[C@@H]2[C@H](C1)[C@H]2C(=O)NC(C)(C)c1nc(C2CC2)c2ccccn12. The Kier molecular flexibility index (Phi) is 4.40. The zero-order chi connectivity index (χ0) is 22.1. The molecule has 2 saturated carbocycles. The van der Waals surface area contributed by atoms with Gasteiger partial charge in [0, 0.05) is 31.1 Å². The first-order chi connectivity index (χ1) is 14.5. The Hall–Kier alpha value is -2.57. The highest BCUT2D eigenvalue weighted by molar-refractivity contribution is 5.84. The van der Waals surface area contributed by atoms with Crippen LogP contribution in [0.5, 0.6) is 0 Å². The number of likely N-dealkylation sites (tertiary alicyclic amines) is 1. The summed E-state index contributed by atoms with van der Waals surface area (Å²) in [7, 11) is 0. The van der Waals surface area contributed by atoms with E-state index in [4.69, 9.17) is 9.72 Å². The summed E-state index contributed by atoms with van der Waals surface area (Å²) in [5, 5.41) is 3.25. The number of fused-ring (bicyclic) bond motifs is 2. The molecule has 2 aromatic heterocycles. The van der Waals surface area contributed by atoms with Gasteiger partial charge in [0.1, 0.15) is 11.4 Å². The third-order valence-electron chi connectivity index (χ3n) is 6.68. The number of pyridine rings is 1. The topological polar surface area (TPSA) is 75.9 Å². The average molecular weight is 425 g/mol. The molecule has 5 rings (SSSR count). The maximum atomic E-state index is 13.1. The lowest BCUT2D eigenvalue weighted by atomic mass is 10.0. The maximum Gasteiger partial charge on any atom is 0.410 e. The number of nitrogens with zero attached hydrogens (tertiary/aromatic N) is 3. The zero-order valence-electron chi connectivity index (χ0n) is 19.0. The van der Waals surface area contributed by atoms with Gasteiger partial charge in [-0.15, -0.1) is 0 Å². The van der Waals surface area contributed by atoms with Gasteiger partial charge in [0.2, 0.25) is 5.91 Å². The molecular weight excluding hydrogens is 392 g/mol. The second-order valence-electron chi connectivity index (χ2n) is 10.9. The van der Waals surface area contributed by atoms with E-state index < -0.39 is 11.1 Å². The Morgan fingerprint density at radius 2 is 1.77 bits per heavy atom. The molecule has 7 nitrogen and oxygen atoms in total. The minimum atomic E-state index is -0.587. The second kappa shape index (κ2) is 6.71. The van der Waals surface area contributed by atoms with E-state index in [1.54, 1.807) is 4.90 Å². The lowest BCUT2D eigenvalue weighted by molar-refractivity contribution is -0.125. The third-order valence-corrected chi connectivity index (χ3v) is 6.68. The van der Waals surface area contributed by atoms with Crippen LogP contribution in [0.25, 0.3) is 5.52 Å². The molecule has 1 aliphatic heterocycles. The van der Waals surface area contributed by atoms with Crippen molar-refractivity contribution in [2.75, 3.05) is 13.1 Å². The van der Waals surface area contributed by atoms with Gasteiger partial charge < -0.3 is 19.4 Å². The number of hydrogen-bond donors (Lipinski definition) is 1. The summed E-state index contributed by atoms with van der Waals surface area (Å²) in [6, 6.07) is 6.15. The molecule has 0 aromatic carbocycles. The molecular formula is C24H32N4O3. The molecule has 2 amide bonds. The number of aromatic nitrogens is 2. The number of carbonyl (C=O) groups excluding carboxylic acids is 2. The summed E-state index contributed by atoms with van der Waals surface area (Å²) in [4.78, 5) is 32.1. The number of imidazole rings is 1. The summed E-state index contributed by atoms with van der Waals surface area (Å²) in [5.74, 6) is 1.89. The Bertz CT molecular complexity index is 1030. The van der Waals surface area contributed by atoms with E-state index in [-0.39, 0.29) is 29.8 Å². The van der Waals surface area contributed by atoms with E-state index in [1.165, 1.54) is 12.8 Å². The number of hydrogen-bond acceptors (Lipinski definition) is 4. The smallest absolute Gasteiger partial charge is 0.410 e. The summed E-state index contributed by atoms with van der Waals surface area (Å²) < 4.78 is 7.58. The molecule has 31 heavy (non-hydrogen) atoms. The number of rotatable bonds is 4. The van der Waals surface area contributed by atoms with Gasteiger partial charge in [0.05, 0.1) is 16.7 Å². The highest BCUT2D eigenvalue weighted by Gasteiger charge is 2.61. The normalized spacial score (nSPS) is 25.5. The summed E-state index contributed by atoms with van der Waals surface area (Å²) in [6.45, 7) is 10.8. The lowest BCUT2D eigenvalue weighted by Gasteiger charge is -2.27. The molecule has 0 unspecified atom stereocenters. The molecule has 0 bridgehead atoms. The number of ether oxygens (including phenoxy) is 1. The van der Waals surface area contributed by atoms with Crippen LogP contribution in [-0.4, -0.2) is 45.0 Å². The van der Waals surface area contributed by atoms with Gasteiger partial charge in [-0.05, 0) is 71.4 Å². The largest absolute Gasteiger partial charge is 0.444 e. The van der Waals surface area contributed by atoms with Crippen molar-refractivity contribution in [3.05, 3.63) is 35.9 Å². The number of piperidine rings is 1. The van der Waals surface area contributed by atoms with E-state index in [2.05, 4.69) is 15.8 Å². The fourth-order valence-corrected chi connectivity index (χ4v) is 5.00. The first-order valence-corrected chi connectivity index (χ1v) is 11.3. The van der Waals surface area contributed by atoms with Crippen molar-refractivity contribution in [1.82, 2.24) is 19.6 Å². The highest BCUT2D eigenvalue weighted by Crippen LogP contribution is 2.52. The van der Waals surface area contributed by atoms with Crippen molar-refractivity contribution in [3.8, 4) is 0 Å². The van der Waals surface area contributed by atoms with Crippen LogP contribution in [0, 0.1) is 17.8 Å². The van der Waals surface area contributed by atoms with E-state index in [0.717, 1.165) is 17.0 Å². The molecule has 166 valence electrons. The second-order valence-corrected chi connectivity index (χ2v) is 10.9. The molecule has 2 aliphatic carbocycles. The van der Waals surface area contributed by atoms with Gasteiger partial charge in [0.25, 0.3) is 0 Å². The molecule has 7 heteroatoms. The number of carbonyl (C=O) groups is 2. The first-order valence-electron chi connectivity index (χ1n) is 11.3. The van der Waals surface area contributed by atoms with Crippen molar-refractivity contribution >= 4 is 17.5 Å². The molecule has 0 spiro atoms. The number of amides is 2. The quantitative estimate of drug-likeness (QED) is 0.812. The highest BCUT2D eigenvalue weighted by atomic mass is 16.6. The van der Waals surface area contributed by atoms with Crippen LogP contribution in [0.2, 0.25) is 0 Å². The van der Waals surface area contributed by atoms with E-state index >= 15 is 0 Å². The molecule has 2 aromatic rings. The number of nitrogens with one attached hydrogen (secondary N) is 1. The van der Waals surface area contributed by atoms with Gasteiger partial charge in [-0.25, -0.2) is 9.78 Å². The van der Waals surface area contributed by atoms with Crippen LogP contribution in [-0.2, 0) is 15.1 Å². The Morgan fingerprint density at radius 3 is 2.39 bits per heavy atom. The fourth-order valence-electron chi connectivity index (χ4n) is 5.00. The molecule has 3 atom stereocenters. The standard InChI is InChI=1S/C24H32N4O3/c1-23(2,3)31-22(30)27-12-15-16(13-27)18(15)20(29)26-24(4,5)21-25-19(14-9-10-14)17-8-6-7-11-28(17)21/h6-8,11,14-16,18H,9-10,12-13H2,1-5H3,(H,26,29)/t15-,16+,18+. The van der Waals surface area contributed by atoms with Crippen molar-refractivity contribution in [3.63, 3.8) is 0 Å². The Labute approximate surface area is 183 Å². The lowest BCUT2D eigenvalue weighted by Crippen LogP contribution is -2.45. The van der Waals surface area contributed by atoms with E-state index in [1.807, 2.05) is 52.9 Å². The first kappa shape index (κ1) is 20.3. The molecule has 3 fully saturated rings. The van der Waals surface area contributed by atoms with Gasteiger partial charge in [-0.2, -0.15) is 0 Å². The van der Waals surface area contributed by atoms with Crippen LogP contribution < -0.4 is 5.32 Å². The fraction of sp³-hybridized carbons (Fsp3) is 0.625. The van der Waals surface area contributed by atoms with Crippen LogP contribution >= 0.6 is 0 Å². The summed E-state index contributed by atoms with van der Waals surface area (Å²) >= 11 is 0. The third kappa shape index (κ3) is 3.68. The van der Waals surface area contributed by atoms with Crippen molar-refractivity contribution in [2.24, 2.45) is 17.8 Å². The van der Waals surface area contributed by atoms with Crippen LogP contribution in [0.3, 0.4) is 0 Å². The zero-order valence-corrected chi connectivity index (χ0v) is 19.0. The van der Waals surface area contributed by atoms with Crippen LogP contribution in [0.15, 0.2) is 24.4 Å². The van der Waals surface area contributed by atoms with Gasteiger partial charge in [0.15, 0.2) is 0 Å². The van der Waals surface area contributed by atoms with Gasteiger partial charge >= 0.3 is 6.09 Å². The summed E-state index contributed by atoms with van der Waals surface area (Å²) in [5.41, 5.74) is 1.19. The van der Waals surface area contributed by atoms with Gasteiger partial charge in [-0.3, -0.25) is 4.79 Å². The van der Waals surface area contributed by atoms with Crippen LogP contribution in [0.1, 0.15) is 64.9 Å². The predicted octanol–water partition coefficient (Wildman–Crippen LogP) is 3.68.